The quantitative estimate of drug-likeness (QED) is 0.401. The summed E-state index contributed by atoms with van der Waals surface area (Å²) in [6, 6.07) is 12.4. The summed E-state index contributed by atoms with van der Waals surface area (Å²) in [5.41, 5.74) is 1.04. The highest BCUT2D eigenvalue weighted by Gasteiger charge is 2.34. The van der Waals surface area contributed by atoms with Crippen molar-refractivity contribution in [2.75, 3.05) is 12.0 Å². The number of amides is 2. The molecule has 1 N–H and O–H groups in total. The van der Waals surface area contributed by atoms with E-state index in [2.05, 4.69) is 21.2 Å². The standard InChI is InChI=1S/C21H19BrN2O4S/c1-12(2)28-18-13(6-4-9-17(18)27-3)10-16-19(25)23-21(29)24(20(16)26)15-8-5-7-14(22)11-15/h4-12H,1-3H3,(H,23,25,29)/b16-10-. The highest BCUT2D eigenvalue weighted by molar-refractivity contribution is 9.10. The zero-order chi connectivity index (χ0) is 21.1. The van der Waals surface area contributed by atoms with Gasteiger partial charge in [0.1, 0.15) is 5.57 Å². The van der Waals surface area contributed by atoms with Gasteiger partial charge in [-0.15, -0.1) is 0 Å². The second-order valence-corrected chi connectivity index (χ2v) is 7.79. The molecule has 1 aliphatic rings. The number of halogens is 1. The highest BCUT2D eigenvalue weighted by atomic mass is 79.9. The summed E-state index contributed by atoms with van der Waals surface area (Å²) in [6.45, 7) is 3.77. The number of rotatable bonds is 5. The third-order valence-electron chi connectivity index (χ3n) is 4.05. The Morgan fingerprint density at radius 2 is 1.90 bits per heavy atom. The Hall–Kier alpha value is -2.71. The number of ether oxygens (including phenoxy) is 2. The molecule has 6 nitrogen and oxygen atoms in total. The molecule has 150 valence electrons. The molecule has 1 aliphatic heterocycles. The molecular weight excluding hydrogens is 456 g/mol. The summed E-state index contributed by atoms with van der Waals surface area (Å²) < 4.78 is 12.0. The Morgan fingerprint density at radius 3 is 2.55 bits per heavy atom. The van der Waals surface area contributed by atoms with Crippen LogP contribution in [-0.4, -0.2) is 30.1 Å². The third-order valence-corrected chi connectivity index (χ3v) is 4.83. The Bertz CT molecular complexity index is 1020. The van der Waals surface area contributed by atoms with Crippen LogP contribution in [0.2, 0.25) is 0 Å². The monoisotopic (exact) mass is 474 g/mol. The Labute approximate surface area is 182 Å². The van der Waals surface area contributed by atoms with Crippen LogP contribution in [0.1, 0.15) is 19.4 Å². The predicted molar refractivity (Wildman–Crippen MR) is 119 cm³/mol. The van der Waals surface area contributed by atoms with Gasteiger partial charge < -0.3 is 9.47 Å². The lowest BCUT2D eigenvalue weighted by atomic mass is 10.1. The lowest BCUT2D eigenvalue weighted by molar-refractivity contribution is -0.122. The van der Waals surface area contributed by atoms with E-state index in [1.54, 1.807) is 36.4 Å². The van der Waals surface area contributed by atoms with Gasteiger partial charge in [-0.05, 0) is 56.4 Å². The van der Waals surface area contributed by atoms with Crippen molar-refractivity contribution in [2.24, 2.45) is 0 Å². The van der Waals surface area contributed by atoms with Crippen molar-refractivity contribution < 1.29 is 19.1 Å². The molecule has 0 aromatic heterocycles. The van der Waals surface area contributed by atoms with Crippen molar-refractivity contribution in [3.8, 4) is 11.5 Å². The fraction of sp³-hybridized carbons (Fsp3) is 0.190. The number of hydrogen-bond donors (Lipinski definition) is 1. The number of methoxy groups -OCH3 is 1. The van der Waals surface area contributed by atoms with Crippen molar-refractivity contribution in [2.45, 2.75) is 20.0 Å². The molecule has 1 fully saturated rings. The number of thiocarbonyl (C=S) groups is 1. The van der Waals surface area contributed by atoms with Gasteiger partial charge in [-0.3, -0.25) is 19.8 Å². The van der Waals surface area contributed by atoms with Crippen LogP contribution in [0.4, 0.5) is 5.69 Å². The van der Waals surface area contributed by atoms with E-state index in [1.165, 1.54) is 18.1 Å². The summed E-state index contributed by atoms with van der Waals surface area (Å²) in [4.78, 5) is 27.0. The van der Waals surface area contributed by atoms with Crippen LogP contribution >= 0.6 is 28.1 Å². The van der Waals surface area contributed by atoms with E-state index >= 15 is 0 Å². The van der Waals surface area contributed by atoms with Crippen LogP contribution in [-0.2, 0) is 9.59 Å². The van der Waals surface area contributed by atoms with E-state index in [1.807, 2.05) is 19.9 Å². The minimum absolute atomic E-state index is 0.0274. The molecule has 0 unspecified atom stereocenters. The first-order valence-corrected chi connectivity index (χ1v) is 10.0. The second-order valence-electron chi connectivity index (χ2n) is 6.48. The van der Waals surface area contributed by atoms with Gasteiger partial charge in [0.05, 0.1) is 18.9 Å². The van der Waals surface area contributed by atoms with Crippen molar-refractivity contribution in [3.05, 3.63) is 58.1 Å². The smallest absolute Gasteiger partial charge is 0.270 e. The third kappa shape index (κ3) is 4.49. The number of nitrogens with one attached hydrogen (secondary N) is 1. The number of hydrogen-bond acceptors (Lipinski definition) is 5. The van der Waals surface area contributed by atoms with Crippen molar-refractivity contribution >= 4 is 56.8 Å². The van der Waals surface area contributed by atoms with Crippen LogP contribution in [0.25, 0.3) is 6.08 Å². The molecule has 0 aliphatic carbocycles. The van der Waals surface area contributed by atoms with Gasteiger partial charge in [-0.1, -0.05) is 34.1 Å². The van der Waals surface area contributed by atoms with Gasteiger partial charge in [-0.2, -0.15) is 0 Å². The van der Waals surface area contributed by atoms with E-state index in [4.69, 9.17) is 21.7 Å². The average Bonchev–Trinajstić information content (AvgIpc) is 2.65. The van der Waals surface area contributed by atoms with Crippen molar-refractivity contribution in [1.82, 2.24) is 5.32 Å². The molecule has 0 atom stereocenters. The van der Waals surface area contributed by atoms with Gasteiger partial charge in [0.2, 0.25) is 0 Å². The van der Waals surface area contributed by atoms with Crippen LogP contribution in [0.15, 0.2) is 52.5 Å². The van der Waals surface area contributed by atoms with Crippen molar-refractivity contribution in [3.63, 3.8) is 0 Å². The van der Waals surface area contributed by atoms with Crippen LogP contribution in [0.3, 0.4) is 0 Å². The number of nitrogens with zero attached hydrogens (tertiary/aromatic N) is 1. The second kappa shape index (κ2) is 8.75. The molecular formula is C21H19BrN2O4S. The fourth-order valence-electron chi connectivity index (χ4n) is 2.83. The lowest BCUT2D eigenvalue weighted by Gasteiger charge is -2.29. The average molecular weight is 475 g/mol. The summed E-state index contributed by atoms with van der Waals surface area (Å²) >= 11 is 8.62. The number of para-hydroxylation sites is 1. The first-order valence-electron chi connectivity index (χ1n) is 8.82. The maximum Gasteiger partial charge on any atom is 0.270 e. The van der Waals surface area contributed by atoms with E-state index < -0.39 is 11.8 Å². The Morgan fingerprint density at radius 1 is 1.17 bits per heavy atom. The van der Waals surface area contributed by atoms with Gasteiger partial charge >= 0.3 is 0 Å². The number of anilines is 1. The molecule has 0 spiro atoms. The van der Waals surface area contributed by atoms with Gasteiger partial charge in [0, 0.05) is 10.0 Å². The molecule has 2 amide bonds. The normalized spacial score (nSPS) is 15.7. The number of carbonyl (C=O) groups is 2. The molecule has 2 aromatic rings. The highest BCUT2D eigenvalue weighted by Crippen LogP contribution is 2.34. The number of carbonyl (C=O) groups excluding carboxylic acids is 2. The van der Waals surface area contributed by atoms with E-state index in [0.717, 1.165) is 4.47 Å². The van der Waals surface area contributed by atoms with Gasteiger partial charge in [0.15, 0.2) is 16.6 Å². The van der Waals surface area contributed by atoms with E-state index in [9.17, 15) is 9.59 Å². The number of benzene rings is 2. The zero-order valence-corrected chi connectivity index (χ0v) is 18.5. The minimum Gasteiger partial charge on any atom is -0.493 e. The van der Waals surface area contributed by atoms with E-state index in [0.29, 0.717) is 22.7 Å². The van der Waals surface area contributed by atoms with Crippen LogP contribution in [0.5, 0.6) is 11.5 Å². The molecule has 3 rings (SSSR count). The van der Waals surface area contributed by atoms with Crippen molar-refractivity contribution in [1.29, 1.82) is 0 Å². The maximum absolute atomic E-state index is 13.2. The van der Waals surface area contributed by atoms with Crippen LogP contribution < -0.4 is 19.7 Å². The molecule has 29 heavy (non-hydrogen) atoms. The Balaban J connectivity index is 2.08. The first kappa shape index (κ1) is 21.0. The Kier molecular flexibility index (Phi) is 6.34. The fourth-order valence-corrected chi connectivity index (χ4v) is 3.50. The minimum atomic E-state index is -0.565. The SMILES string of the molecule is COc1cccc(/C=C2/C(=O)NC(=S)N(c3cccc(Br)c3)C2=O)c1OC(C)C. The molecule has 0 bridgehead atoms. The zero-order valence-electron chi connectivity index (χ0n) is 16.1. The predicted octanol–water partition coefficient (Wildman–Crippen LogP) is 4.08. The van der Waals surface area contributed by atoms with Gasteiger partial charge in [-0.25, -0.2) is 0 Å². The molecule has 1 heterocycles. The van der Waals surface area contributed by atoms with E-state index in [-0.39, 0.29) is 16.8 Å². The summed E-state index contributed by atoms with van der Waals surface area (Å²) in [5.74, 6) is -0.115. The van der Waals surface area contributed by atoms with Gasteiger partial charge in [0.25, 0.3) is 11.8 Å². The summed E-state index contributed by atoms with van der Waals surface area (Å²) in [7, 11) is 1.53. The lowest BCUT2D eigenvalue weighted by Crippen LogP contribution is -2.54. The first-order chi connectivity index (χ1) is 13.8. The molecule has 1 saturated heterocycles. The topological polar surface area (TPSA) is 67.9 Å². The molecule has 8 heteroatoms. The molecule has 2 aromatic carbocycles. The summed E-state index contributed by atoms with van der Waals surface area (Å²) in [6.07, 6.45) is 1.37. The van der Waals surface area contributed by atoms with Crippen LogP contribution in [0, 0.1) is 0 Å². The molecule has 0 radical (unpaired) electrons. The summed E-state index contributed by atoms with van der Waals surface area (Å²) in [5, 5.41) is 2.61. The largest absolute Gasteiger partial charge is 0.493 e. The maximum atomic E-state index is 13.2. The molecule has 0 saturated carbocycles.